The van der Waals surface area contributed by atoms with E-state index in [2.05, 4.69) is 0 Å². The van der Waals surface area contributed by atoms with Crippen LogP contribution in [0.5, 0.6) is 11.5 Å². The van der Waals surface area contributed by atoms with E-state index in [9.17, 15) is 15.0 Å². The Morgan fingerprint density at radius 2 is 2.06 bits per heavy atom. The van der Waals surface area contributed by atoms with E-state index in [0.29, 0.717) is 0 Å². The summed E-state index contributed by atoms with van der Waals surface area (Å²) in [6.07, 6.45) is 0. The summed E-state index contributed by atoms with van der Waals surface area (Å²) in [5.41, 5.74) is -0.415. The van der Waals surface area contributed by atoms with Gasteiger partial charge in [0, 0.05) is 12.7 Å². The summed E-state index contributed by atoms with van der Waals surface area (Å²) in [4.78, 5) is 11.6. The third-order valence-electron chi connectivity index (χ3n) is 2.63. The van der Waals surface area contributed by atoms with Crippen LogP contribution >= 0.6 is 0 Å². The SMILES string of the molecule is COCc1c(O)c2cc(O)c(CO)cc2oc1=O. The van der Waals surface area contributed by atoms with Crippen LogP contribution in [0.4, 0.5) is 0 Å². The molecule has 0 saturated heterocycles. The number of aromatic hydroxyl groups is 2. The number of hydrogen-bond acceptors (Lipinski definition) is 6. The van der Waals surface area contributed by atoms with Crippen molar-refractivity contribution in [3.8, 4) is 11.5 Å². The first-order chi connectivity index (χ1) is 8.58. The van der Waals surface area contributed by atoms with E-state index in [1.54, 1.807) is 0 Å². The molecule has 0 aliphatic carbocycles. The molecular formula is C12H12O6. The van der Waals surface area contributed by atoms with Crippen molar-refractivity contribution in [2.24, 2.45) is 0 Å². The second-order valence-corrected chi connectivity index (χ2v) is 3.78. The summed E-state index contributed by atoms with van der Waals surface area (Å²) in [6, 6.07) is 2.54. The number of hydrogen-bond donors (Lipinski definition) is 3. The Kier molecular flexibility index (Phi) is 3.22. The van der Waals surface area contributed by atoms with Crippen LogP contribution in [0.3, 0.4) is 0 Å². The van der Waals surface area contributed by atoms with Crippen molar-refractivity contribution in [2.45, 2.75) is 13.2 Å². The maximum absolute atomic E-state index is 11.6. The van der Waals surface area contributed by atoms with Crippen LogP contribution in [0.1, 0.15) is 11.1 Å². The summed E-state index contributed by atoms with van der Waals surface area (Å²) >= 11 is 0. The summed E-state index contributed by atoms with van der Waals surface area (Å²) in [5.74, 6) is -0.472. The van der Waals surface area contributed by atoms with Gasteiger partial charge in [0.05, 0.1) is 18.6 Å². The Bertz CT molecular complexity index is 643. The summed E-state index contributed by atoms with van der Waals surface area (Å²) in [7, 11) is 1.38. The molecule has 2 aromatic rings. The molecule has 96 valence electrons. The first-order valence-electron chi connectivity index (χ1n) is 5.18. The normalized spacial score (nSPS) is 11.0. The van der Waals surface area contributed by atoms with Crippen molar-refractivity contribution in [3.63, 3.8) is 0 Å². The molecule has 0 amide bonds. The molecule has 18 heavy (non-hydrogen) atoms. The van der Waals surface area contributed by atoms with E-state index in [0.717, 1.165) is 0 Å². The molecule has 1 aromatic heterocycles. The maximum Gasteiger partial charge on any atom is 0.345 e. The monoisotopic (exact) mass is 252 g/mol. The quantitative estimate of drug-likeness (QED) is 0.700. The number of phenols is 1. The number of ether oxygens (including phenoxy) is 1. The van der Waals surface area contributed by atoms with Gasteiger partial charge in [0.2, 0.25) is 0 Å². The van der Waals surface area contributed by atoms with Crippen LogP contribution in [0, 0.1) is 0 Å². The lowest BCUT2D eigenvalue weighted by molar-refractivity contribution is 0.178. The smallest absolute Gasteiger partial charge is 0.345 e. The highest BCUT2D eigenvalue weighted by molar-refractivity contribution is 5.86. The van der Waals surface area contributed by atoms with Crippen molar-refractivity contribution in [3.05, 3.63) is 33.7 Å². The van der Waals surface area contributed by atoms with E-state index in [4.69, 9.17) is 14.3 Å². The molecule has 6 heteroatoms. The summed E-state index contributed by atoms with van der Waals surface area (Å²) < 4.78 is 9.80. The van der Waals surface area contributed by atoms with Gasteiger partial charge < -0.3 is 24.5 Å². The van der Waals surface area contributed by atoms with Gasteiger partial charge in [-0.25, -0.2) is 4.79 Å². The van der Waals surface area contributed by atoms with Gasteiger partial charge in [-0.05, 0) is 12.1 Å². The molecule has 0 unspecified atom stereocenters. The zero-order valence-corrected chi connectivity index (χ0v) is 9.64. The van der Waals surface area contributed by atoms with Gasteiger partial charge in [-0.2, -0.15) is 0 Å². The highest BCUT2D eigenvalue weighted by Crippen LogP contribution is 2.32. The predicted octanol–water partition coefficient (Wildman–Crippen LogP) is 0.843. The average Bonchev–Trinajstić information content (AvgIpc) is 2.35. The van der Waals surface area contributed by atoms with Crippen molar-refractivity contribution >= 4 is 11.0 Å². The zero-order chi connectivity index (χ0) is 13.3. The molecule has 0 spiro atoms. The van der Waals surface area contributed by atoms with Gasteiger partial charge in [-0.15, -0.1) is 0 Å². The maximum atomic E-state index is 11.6. The Labute approximate surface area is 102 Å². The largest absolute Gasteiger partial charge is 0.508 e. The third kappa shape index (κ3) is 1.92. The Morgan fingerprint density at radius 3 is 2.67 bits per heavy atom. The second-order valence-electron chi connectivity index (χ2n) is 3.78. The standard InChI is InChI=1S/C12H12O6/c1-17-5-8-11(15)7-3-9(14)6(4-13)2-10(7)18-12(8)16/h2-3,13-15H,4-5H2,1H3. The van der Waals surface area contributed by atoms with Crippen LogP contribution in [0.15, 0.2) is 21.3 Å². The van der Waals surface area contributed by atoms with Crippen LogP contribution in [0.25, 0.3) is 11.0 Å². The number of benzene rings is 1. The molecule has 0 aliphatic rings. The van der Waals surface area contributed by atoms with Gasteiger partial charge in [0.15, 0.2) is 0 Å². The first kappa shape index (κ1) is 12.4. The minimum absolute atomic E-state index is 0.0128. The number of aliphatic hydroxyl groups excluding tert-OH is 1. The molecule has 1 aromatic carbocycles. The molecule has 6 nitrogen and oxygen atoms in total. The molecule has 2 rings (SSSR count). The fourth-order valence-corrected chi connectivity index (χ4v) is 1.70. The number of fused-ring (bicyclic) bond motifs is 1. The van der Waals surface area contributed by atoms with Crippen LogP contribution in [-0.4, -0.2) is 22.4 Å². The van der Waals surface area contributed by atoms with Crippen LogP contribution in [-0.2, 0) is 18.0 Å². The molecule has 3 N–H and O–H groups in total. The Hall–Kier alpha value is -2.05. The summed E-state index contributed by atoms with van der Waals surface area (Å²) in [6.45, 7) is -0.487. The van der Waals surface area contributed by atoms with Crippen molar-refractivity contribution < 1.29 is 24.5 Å². The van der Waals surface area contributed by atoms with Crippen LogP contribution in [0.2, 0.25) is 0 Å². The fourth-order valence-electron chi connectivity index (χ4n) is 1.70. The third-order valence-corrected chi connectivity index (χ3v) is 2.63. The van der Waals surface area contributed by atoms with Gasteiger partial charge in [0.25, 0.3) is 0 Å². The highest BCUT2D eigenvalue weighted by Gasteiger charge is 2.15. The topological polar surface area (TPSA) is 100 Å². The zero-order valence-electron chi connectivity index (χ0n) is 9.64. The number of aliphatic hydroxyl groups is 1. The van der Waals surface area contributed by atoms with Gasteiger partial charge in [0.1, 0.15) is 22.6 Å². The molecule has 1 heterocycles. The number of methoxy groups -OCH3 is 1. The molecule has 0 fully saturated rings. The fraction of sp³-hybridized carbons (Fsp3) is 0.250. The van der Waals surface area contributed by atoms with Gasteiger partial charge in [-0.1, -0.05) is 0 Å². The van der Waals surface area contributed by atoms with E-state index in [1.165, 1.54) is 19.2 Å². The lowest BCUT2D eigenvalue weighted by Gasteiger charge is -2.08. The summed E-state index contributed by atoms with van der Waals surface area (Å²) in [5, 5.41) is 28.7. The lowest BCUT2D eigenvalue weighted by atomic mass is 10.1. The van der Waals surface area contributed by atoms with E-state index < -0.39 is 12.2 Å². The first-order valence-corrected chi connectivity index (χ1v) is 5.18. The van der Waals surface area contributed by atoms with Crippen molar-refractivity contribution in [2.75, 3.05) is 7.11 Å². The molecular weight excluding hydrogens is 240 g/mol. The Morgan fingerprint density at radius 1 is 1.33 bits per heavy atom. The van der Waals surface area contributed by atoms with Gasteiger partial charge >= 0.3 is 5.63 Å². The van der Waals surface area contributed by atoms with Crippen LogP contribution < -0.4 is 5.63 Å². The number of rotatable bonds is 3. The predicted molar refractivity (Wildman–Crippen MR) is 62.4 cm³/mol. The highest BCUT2D eigenvalue weighted by atomic mass is 16.5. The molecule has 0 atom stereocenters. The minimum atomic E-state index is -0.712. The molecule has 0 radical (unpaired) electrons. The van der Waals surface area contributed by atoms with E-state index >= 15 is 0 Å². The minimum Gasteiger partial charge on any atom is -0.508 e. The van der Waals surface area contributed by atoms with Crippen molar-refractivity contribution in [1.29, 1.82) is 0 Å². The van der Waals surface area contributed by atoms with E-state index in [1.807, 2.05) is 0 Å². The van der Waals surface area contributed by atoms with Gasteiger partial charge in [-0.3, -0.25) is 0 Å². The van der Waals surface area contributed by atoms with Crippen molar-refractivity contribution in [1.82, 2.24) is 0 Å². The van der Waals surface area contributed by atoms with E-state index in [-0.39, 0.29) is 40.2 Å². The molecule has 0 bridgehead atoms. The lowest BCUT2D eigenvalue weighted by Crippen LogP contribution is -2.08. The second kappa shape index (κ2) is 4.67. The average molecular weight is 252 g/mol. The Balaban J connectivity index is 2.78. The molecule has 0 saturated carbocycles. The molecule has 0 aliphatic heterocycles.